The van der Waals surface area contributed by atoms with Gasteiger partial charge >= 0.3 is 5.69 Å². The lowest BCUT2D eigenvalue weighted by molar-refractivity contribution is 0.616. The monoisotopic (exact) mass is 362 g/mol. The third kappa shape index (κ3) is 3.55. The highest BCUT2D eigenvalue weighted by Gasteiger charge is 2.10. The van der Waals surface area contributed by atoms with Crippen LogP contribution >= 0.6 is 11.8 Å². The SMILES string of the molecule is O=c1[nH]nc(SCc2cccc3cccnc23)n1CCc1ccccc1. The summed E-state index contributed by atoms with van der Waals surface area (Å²) in [4.78, 5) is 16.6. The van der Waals surface area contributed by atoms with E-state index in [1.807, 2.05) is 30.3 Å². The van der Waals surface area contributed by atoms with Crippen LogP contribution in [0, 0.1) is 0 Å². The largest absolute Gasteiger partial charge is 0.343 e. The molecule has 26 heavy (non-hydrogen) atoms. The number of fused-ring (bicyclic) bond motifs is 1. The Morgan fingerprint density at radius 1 is 1.00 bits per heavy atom. The van der Waals surface area contributed by atoms with E-state index in [1.165, 1.54) is 5.56 Å². The molecule has 0 aliphatic rings. The Morgan fingerprint density at radius 3 is 2.73 bits per heavy atom. The molecule has 6 heteroatoms. The fourth-order valence-electron chi connectivity index (χ4n) is 2.92. The van der Waals surface area contributed by atoms with Crippen LogP contribution < -0.4 is 5.69 Å². The summed E-state index contributed by atoms with van der Waals surface area (Å²) in [6.45, 7) is 0.607. The predicted octanol–water partition coefficient (Wildman–Crippen LogP) is 3.65. The fraction of sp³-hybridized carbons (Fsp3) is 0.150. The molecule has 1 N–H and O–H groups in total. The van der Waals surface area contributed by atoms with E-state index in [-0.39, 0.29) is 5.69 Å². The van der Waals surface area contributed by atoms with Crippen LogP contribution in [-0.2, 0) is 18.7 Å². The fourth-order valence-corrected chi connectivity index (χ4v) is 3.88. The van der Waals surface area contributed by atoms with E-state index >= 15 is 0 Å². The van der Waals surface area contributed by atoms with Crippen molar-refractivity contribution >= 4 is 22.7 Å². The maximum absolute atomic E-state index is 12.1. The summed E-state index contributed by atoms with van der Waals surface area (Å²) >= 11 is 1.55. The van der Waals surface area contributed by atoms with Crippen LogP contribution in [0.15, 0.2) is 76.8 Å². The number of nitrogens with one attached hydrogen (secondary N) is 1. The van der Waals surface area contributed by atoms with E-state index in [2.05, 4.69) is 45.5 Å². The Labute approximate surface area is 155 Å². The zero-order valence-electron chi connectivity index (χ0n) is 14.1. The first-order valence-electron chi connectivity index (χ1n) is 8.46. The van der Waals surface area contributed by atoms with E-state index in [0.29, 0.717) is 17.5 Å². The van der Waals surface area contributed by atoms with Gasteiger partial charge in [0.05, 0.1) is 5.52 Å². The number of pyridine rings is 1. The molecule has 0 aliphatic heterocycles. The van der Waals surface area contributed by atoms with E-state index in [0.717, 1.165) is 22.9 Å². The quantitative estimate of drug-likeness (QED) is 0.532. The zero-order chi connectivity index (χ0) is 17.8. The molecular formula is C20H18N4OS. The van der Waals surface area contributed by atoms with Gasteiger partial charge in [-0.15, -0.1) is 5.10 Å². The second-order valence-corrected chi connectivity index (χ2v) is 6.92. The van der Waals surface area contributed by atoms with Gasteiger partial charge in [0.2, 0.25) is 0 Å². The minimum absolute atomic E-state index is 0.167. The van der Waals surface area contributed by atoms with Gasteiger partial charge in [-0.1, -0.05) is 66.4 Å². The van der Waals surface area contributed by atoms with Gasteiger partial charge < -0.3 is 0 Å². The summed E-state index contributed by atoms with van der Waals surface area (Å²) in [6, 6.07) is 20.3. The number of para-hydroxylation sites is 1. The number of hydrogen-bond donors (Lipinski definition) is 1. The minimum Gasteiger partial charge on any atom is -0.270 e. The van der Waals surface area contributed by atoms with Gasteiger partial charge in [0.15, 0.2) is 5.16 Å². The third-order valence-corrected chi connectivity index (χ3v) is 5.29. The van der Waals surface area contributed by atoms with E-state index in [4.69, 9.17) is 0 Å². The maximum atomic E-state index is 12.1. The zero-order valence-corrected chi connectivity index (χ0v) is 14.9. The Kier molecular flexibility index (Phi) is 4.84. The number of aromatic nitrogens is 4. The molecule has 0 fully saturated rings. The third-order valence-electron chi connectivity index (χ3n) is 4.26. The van der Waals surface area contributed by atoms with Crippen LogP contribution in [0.25, 0.3) is 10.9 Å². The van der Waals surface area contributed by atoms with Crippen LogP contribution in [0.3, 0.4) is 0 Å². The number of thioether (sulfide) groups is 1. The molecule has 0 aliphatic carbocycles. The van der Waals surface area contributed by atoms with Crippen LogP contribution in [0.4, 0.5) is 0 Å². The molecule has 4 rings (SSSR count). The second-order valence-electron chi connectivity index (χ2n) is 5.98. The standard InChI is InChI=1S/C20H18N4OS/c25-19-22-23-20(24(19)13-11-15-6-2-1-3-7-15)26-14-17-9-4-8-16-10-5-12-21-18(16)17/h1-10,12H,11,13-14H2,(H,22,25). The second kappa shape index (κ2) is 7.58. The first-order valence-corrected chi connectivity index (χ1v) is 9.44. The average Bonchev–Trinajstić information content (AvgIpc) is 3.05. The molecule has 5 nitrogen and oxygen atoms in total. The summed E-state index contributed by atoms with van der Waals surface area (Å²) in [7, 11) is 0. The van der Waals surface area contributed by atoms with Crippen molar-refractivity contribution in [1.82, 2.24) is 19.7 Å². The molecule has 2 aromatic heterocycles. The van der Waals surface area contributed by atoms with Gasteiger partial charge in [0.1, 0.15) is 0 Å². The average molecular weight is 362 g/mol. The number of aromatic amines is 1. The molecule has 130 valence electrons. The highest BCUT2D eigenvalue weighted by Crippen LogP contribution is 2.24. The molecule has 4 aromatic rings. The van der Waals surface area contributed by atoms with Gasteiger partial charge in [-0.2, -0.15) is 0 Å². The van der Waals surface area contributed by atoms with Gasteiger partial charge in [-0.25, -0.2) is 9.89 Å². The van der Waals surface area contributed by atoms with Gasteiger partial charge in [-0.05, 0) is 23.6 Å². The lowest BCUT2D eigenvalue weighted by Crippen LogP contribution is -2.18. The molecule has 2 heterocycles. The molecular weight excluding hydrogens is 344 g/mol. The topological polar surface area (TPSA) is 63.6 Å². The summed E-state index contributed by atoms with van der Waals surface area (Å²) in [5.41, 5.74) is 3.17. The van der Waals surface area contributed by atoms with E-state index in [1.54, 1.807) is 22.5 Å². The number of nitrogens with zero attached hydrogens (tertiary/aromatic N) is 3. The molecule has 0 spiro atoms. The highest BCUT2D eigenvalue weighted by molar-refractivity contribution is 7.98. The van der Waals surface area contributed by atoms with Crippen molar-refractivity contribution in [1.29, 1.82) is 0 Å². The number of H-pyrrole nitrogens is 1. The highest BCUT2D eigenvalue weighted by atomic mass is 32.2. The van der Waals surface area contributed by atoms with Crippen molar-refractivity contribution in [2.75, 3.05) is 0 Å². The van der Waals surface area contributed by atoms with Crippen molar-refractivity contribution in [2.45, 2.75) is 23.9 Å². The maximum Gasteiger partial charge on any atom is 0.343 e. The van der Waals surface area contributed by atoms with Crippen molar-refractivity contribution < 1.29 is 0 Å². The first-order chi connectivity index (χ1) is 12.8. The number of hydrogen-bond acceptors (Lipinski definition) is 4. The van der Waals surface area contributed by atoms with Gasteiger partial charge in [0, 0.05) is 23.9 Å². The van der Waals surface area contributed by atoms with E-state index in [9.17, 15) is 4.79 Å². The number of aryl methyl sites for hydroxylation is 1. The summed E-state index contributed by atoms with van der Waals surface area (Å²) < 4.78 is 1.70. The van der Waals surface area contributed by atoms with E-state index < -0.39 is 0 Å². The lowest BCUT2D eigenvalue weighted by atomic mass is 10.1. The summed E-state index contributed by atoms with van der Waals surface area (Å²) in [5.74, 6) is 0.712. The Bertz CT molecular complexity index is 1070. The molecule has 0 saturated heterocycles. The molecule has 0 amide bonds. The van der Waals surface area contributed by atoms with Crippen molar-refractivity contribution in [2.24, 2.45) is 0 Å². The molecule has 0 radical (unpaired) electrons. The van der Waals surface area contributed by atoms with Crippen LogP contribution in [0.5, 0.6) is 0 Å². The molecule has 0 unspecified atom stereocenters. The minimum atomic E-state index is -0.167. The number of rotatable bonds is 6. The normalized spacial score (nSPS) is 11.1. The molecule has 0 saturated carbocycles. The molecule has 0 bridgehead atoms. The Morgan fingerprint density at radius 2 is 1.85 bits per heavy atom. The number of benzene rings is 2. The Balaban J connectivity index is 1.51. The van der Waals surface area contributed by atoms with Crippen molar-refractivity contribution in [3.63, 3.8) is 0 Å². The van der Waals surface area contributed by atoms with Crippen LogP contribution in [-0.4, -0.2) is 19.7 Å². The predicted molar refractivity (Wildman–Crippen MR) is 104 cm³/mol. The summed E-state index contributed by atoms with van der Waals surface area (Å²) in [5, 5.41) is 8.59. The van der Waals surface area contributed by atoms with Crippen LogP contribution in [0.2, 0.25) is 0 Å². The van der Waals surface area contributed by atoms with Gasteiger partial charge in [0.25, 0.3) is 0 Å². The summed E-state index contributed by atoms with van der Waals surface area (Å²) in [6.07, 6.45) is 2.60. The van der Waals surface area contributed by atoms with Crippen molar-refractivity contribution in [3.05, 3.63) is 88.5 Å². The van der Waals surface area contributed by atoms with Crippen LogP contribution in [0.1, 0.15) is 11.1 Å². The molecule has 0 atom stereocenters. The molecule has 2 aromatic carbocycles. The first kappa shape index (κ1) is 16.6. The smallest absolute Gasteiger partial charge is 0.270 e. The van der Waals surface area contributed by atoms with Crippen molar-refractivity contribution in [3.8, 4) is 0 Å². The van der Waals surface area contributed by atoms with Gasteiger partial charge in [-0.3, -0.25) is 9.55 Å². The lowest BCUT2D eigenvalue weighted by Gasteiger charge is -2.07. The Hall–Kier alpha value is -2.86.